The molecule has 1 unspecified atom stereocenters. The van der Waals surface area contributed by atoms with Gasteiger partial charge in [-0.2, -0.15) is 4.31 Å². The highest BCUT2D eigenvalue weighted by molar-refractivity contribution is 7.89. The molecule has 2 amide bonds. The van der Waals surface area contributed by atoms with Crippen molar-refractivity contribution in [1.29, 1.82) is 0 Å². The van der Waals surface area contributed by atoms with Crippen LogP contribution in [0.4, 0.5) is 15.3 Å². The minimum absolute atomic E-state index is 0.0222. The molecule has 1 heterocycles. The third kappa shape index (κ3) is 11.7. The molecule has 1 fully saturated rings. The third-order valence-corrected chi connectivity index (χ3v) is 9.99. The Kier molecular flexibility index (Phi) is 14.5. The lowest BCUT2D eigenvalue weighted by atomic mass is 9.98. The second-order valence-corrected chi connectivity index (χ2v) is 14.8. The van der Waals surface area contributed by atoms with Crippen molar-refractivity contribution in [1.82, 2.24) is 9.62 Å². The van der Waals surface area contributed by atoms with E-state index < -0.39 is 59.3 Å². The third-order valence-electron chi connectivity index (χ3n) is 8.14. The van der Waals surface area contributed by atoms with E-state index in [0.29, 0.717) is 17.7 Å². The zero-order chi connectivity index (χ0) is 37.8. The van der Waals surface area contributed by atoms with Crippen molar-refractivity contribution in [3.8, 4) is 5.75 Å². The minimum Gasteiger partial charge on any atom is -0.444 e. The van der Waals surface area contributed by atoms with Crippen LogP contribution in [0, 0.1) is 5.92 Å². The highest BCUT2D eigenvalue weighted by Gasteiger charge is 2.34. The number of carbonyl (C=O) groups is 3. The number of sulfonamides is 1. The van der Waals surface area contributed by atoms with Crippen LogP contribution < -0.4 is 15.4 Å². The Hall–Kier alpha value is -4.54. The lowest BCUT2D eigenvalue weighted by Gasteiger charge is -2.31. The number of benzene rings is 3. The van der Waals surface area contributed by atoms with E-state index >= 15 is 0 Å². The number of hydrogen-bond donors (Lipinski definition) is 4. The zero-order valence-electron chi connectivity index (χ0n) is 29.7. The molecule has 0 saturated carbocycles. The van der Waals surface area contributed by atoms with Gasteiger partial charge in [-0.1, -0.05) is 63.2 Å². The van der Waals surface area contributed by atoms with Crippen molar-refractivity contribution in [3.63, 3.8) is 0 Å². The summed E-state index contributed by atoms with van der Waals surface area (Å²) >= 11 is 0. The van der Waals surface area contributed by atoms with Gasteiger partial charge in [-0.05, 0) is 65.8 Å². The zero-order valence-corrected chi connectivity index (χ0v) is 30.5. The number of hydrogen-bond acceptors (Lipinski definition) is 11. The van der Waals surface area contributed by atoms with Crippen LogP contribution in [0.25, 0.3) is 0 Å². The van der Waals surface area contributed by atoms with E-state index in [-0.39, 0.29) is 49.2 Å². The maximum atomic E-state index is 14.0. The van der Waals surface area contributed by atoms with Crippen LogP contribution in [0.3, 0.4) is 0 Å². The Balaban J connectivity index is 1.54. The van der Waals surface area contributed by atoms with E-state index in [4.69, 9.17) is 18.9 Å². The van der Waals surface area contributed by atoms with Crippen molar-refractivity contribution in [2.24, 2.45) is 5.92 Å². The molecule has 0 radical (unpaired) electrons. The van der Waals surface area contributed by atoms with Crippen molar-refractivity contribution in [3.05, 3.63) is 89.5 Å². The average Bonchev–Trinajstić information content (AvgIpc) is 3.50. The molecule has 3 aromatic rings. The first-order chi connectivity index (χ1) is 24.7. The van der Waals surface area contributed by atoms with Gasteiger partial charge in [-0.15, -0.1) is 0 Å². The Morgan fingerprint density at radius 3 is 2.31 bits per heavy atom. The van der Waals surface area contributed by atoms with Crippen molar-refractivity contribution >= 4 is 33.9 Å². The summed E-state index contributed by atoms with van der Waals surface area (Å²) < 4.78 is 50.4. The minimum atomic E-state index is -4.21. The number of ether oxygens (including phenoxy) is 4. The standard InChI is InChI=1S/C37H47N3O11S/c1-5-26-11-12-28(34(19-26)50-25(4)41)20-31(39-37(45)51-35-32(42)17-18-48-35)33(43)22-40(21-24(2)3)52(46,47)30-15-13-29(14-16-30)38-36(44)49-23-27-9-7-6-8-10-27/h6-16,19,24,31-33,35,42-43H,5,17-18,20-23H2,1-4H3,(H,38,44)(H,39,45)/t31-,32?,33-,35-/m0/s1. The molecule has 282 valence electrons. The van der Waals surface area contributed by atoms with Gasteiger partial charge in [0, 0.05) is 32.1 Å². The quantitative estimate of drug-likeness (QED) is 0.120. The summed E-state index contributed by atoms with van der Waals surface area (Å²) in [7, 11) is -4.21. The predicted octanol–water partition coefficient (Wildman–Crippen LogP) is 4.38. The molecule has 1 aliphatic heterocycles. The van der Waals surface area contributed by atoms with Crippen LogP contribution in [0.2, 0.25) is 0 Å². The first-order valence-corrected chi connectivity index (χ1v) is 18.5. The van der Waals surface area contributed by atoms with Crippen LogP contribution in [-0.4, -0.2) is 85.3 Å². The predicted molar refractivity (Wildman–Crippen MR) is 191 cm³/mol. The Labute approximate surface area is 304 Å². The molecule has 15 heteroatoms. The van der Waals surface area contributed by atoms with Crippen LogP contribution in [-0.2, 0) is 48.5 Å². The first kappa shape index (κ1) is 40.2. The molecular formula is C37H47N3O11S. The molecule has 0 aliphatic carbocycles. The molecule has 4 atom stereocenters. The van der Waals surface area contributed by atoms with Crippen molar-refractivity contribution < 1.29 is 52.0 Å². The number of amides is 2. The summed E-state index contributed by atoms with van der Waals surface area (Å²) in [4.78, 5) is 37.2. The fourth-order valence-corrected chi connectivity index (χ4v) is 7.08. The second-order valence-electron chi connectivity index (χ2n) is 12.8. The number of rotatable bonds is 16. The monoisotopic (exact) mass is 741 g/mol. The summed E-state index contributed by atoms with van der Waals surface area (Å²) in [5.74, 6) is -0.485. The van der Waals surface area contributed by atoms with Gasteiger partial charge < -0.3 is 34.5 Å². The number of aliphatic hydroxyl groups is 2. The number of aliphatic hydroxyl groups excluding tert-OH is 2. The largest absolute Gasteiger partial charge is 0.444 e. The van der Waals surface area contributed by atoms with Gasteiger partial charge >= 0.3 is 18.2 Å². The molecule has 4 N–H and O–H groups in total. The number of nitrogens with zero attached hydrogens (tertiary/aromatic N) is 1. The maximum absolute atomic E-state index is 14.0. The van der Waals surface area contributed by atoms with Crippen LogP contribution in [0.1, 0.15) is 50.8 Å². The van der Waals surface area contributed by atoms with Crippen LogP contribution in [0.5, 0.6) is 5.75 Å². The molecule has 1 saturated heterocycles. The van der Waals surface area contributed by atoms with Gasteiger partial charge in [0.1, 0.15) is 18.5 Å². The van der Waals surface area contributed by atoms with Gasteiger partial charge in [-0.3, -0.25) is 10.1 Å². The molecular weight excluding hydrogens is 694 g/mol. The molecule has 0 spiro atoms. The first-order valence-electron chi connectivity index (χ1n) is 17.1. The molecule has 14 nitrogen and oxygen atoms in total. The number of nitrogens with one attached hydrogen (secondary N) is 2. The van der Waals surface area contributed by atoms with E-state index in [0.717, 1.165) is 15.4 Å². The van der Waals surface area contributed by atoms with Gasteiger partial charge in [0.2, 0.25) is 16.3 Å². The summed E-state index contributed by atoms with van der Waals surface area (Å²) in [6.07, 6.45) is -4.59. The molecule has 52 heavy (non-hydrogen) atoms. The number of carbonyl (C=O) groups excluding carboxylic acids is 3. The molecule has 1 aliphatic rings. The van der Waals surface area contributed by atoms with Crippen molar-refractivity contribution in [2.45, 2.75) is 83.0 Å². The summed E-state index contributed by atoms with van der Waals surface area (Å²) in [6, 6.07) is 18.7. The molecule has 3 aromatic carbocycles. The van der Waals surface area contributed by atoms with Gasteiger partial charge in [0.05, 0.1) is 23.6 Å². The lowest BCUT2D eigenvalue weighted by Crippen LogP contribution is -2.51. The van der Waals surface area contributed by atoms with Gasteiger partial charge in [0.15, 0.2) is 0 Å². The maximum Gasteiger partial charge on any atom is 0.411 e. The number of anilines is 1. The fraction of sp³-hybridized carbons (Fsp3) is 0.432. The summed E-state index contributed by atoms with van der Waals surface area (Å²) in [5, 5.41) is 26.9. The van der Waals surface area contributed by atoms with Gasteiger partial charge in [0.25, 0.3) is 0 Å². The normalized spacial score (nSPS) is 17.0. The van der Waals surface area contributed by atoms with Crippen molar-refractivity contribution in [2.75, 3.05) is 25.0 Å². The molecule has 4 rings (SSSR count). The molecule has 0 aromatic heterocycles. The number of aryl methyl sites for hydroxylation is 1. The SMILES string of the molecule is CCc1ccc(C[C@H](NC(=O)O[C@@H]2OCCC2O)[C@@H](O)CN(CC(C)C)S(=O)(=O)c2ccc(NC(=O)OCc3ccccc3)cc2)c(OC(C)=O)c1. The Morgan fingerprint density at radius 2 is 1.69 bits per heavy atom. The Bertz CT molecular complexity index is 1750. The topological polar surface area (TPSA) is 190 Å². The second kappa shape index (κ2) is 18.8. The van der Waals surface area contributed by atoms with E-state index in [1.807, 2.05) is 57.2 Å². The van der Waals surface area contributed by atoms with E-state index in [1.54, 1.807) is 12.1 Å². The summed E-state index contributed by atoms with van der Waals surface area (Å²) in [5.41, 5.74) is 2.47. The van der Waals surface area contributed by atoms with Gasteiger partial charge in [-0.25, -0.2) is 18.0 Å². The van der Waals surface area contributed by atoms with E-state index in [1.165, 1.54) is 31.2 Å². The smallest absolute Gasteiger partial charge is 0.411 e. The highest BCUT2D eigenvalue weighted by atomic mass is 32.2. The Morgan fingerprint density at radius 1 is 0.981 bits per heavy atom. The summed E-state index contributed by atoms with van der Waals surface area (Å²) in [6.45, 7) is 6.68. The highest BCUT2D eigenvalue weighted by Crippen LogP contribution is 2.26. The van der Waals surface area contributed by atoms with Crippen LogP contribution >= 0.6 is 0 Å². The molecule has 0 bridgehead atoms. The average molecular weight is 742 g/mol. The van der Waals surface area contributed by atoms with E-state index in [2.05, 4.69) is 10.6 Å². The number of esters is 1. The fourth-order valence-electron chi connectivity index (χ4n) is 5.46. The van der Waals surface area contributed by atoms with E-state index in [9.17, 15) is 33.0 Å². The van der Waals surface area contributed by atoms with Crippen LogP contribution in [0.15, 0.2) is 77.7 Å². The lowest BCUT2D eigenvalue weighted by molar-refractivity contribution is -0.132. The number of alkyl carbamates (subject to hydrolysis) is 1.